The monoisotopic (exact) mass is 990 g/mol. The van der Waals surface area contributed by atoms with E-state index in [2.05, 4.69) is 0 Å². The summed E-state index contributed by atoms with van der Waals surface area (Å²) in [6.07, 6.45) is 11.4. The Morgan fingerprint density at radius 2 is 1.57 bits per heavy atom. The molecule has 1 aliphatic carbocycles. The van der Waals surface area contributed by atoms with Crippen LogP contribution in [0.2, 0.25) is 0 Å². The lowest BCUT2D eigenvalue weighted by Gasteiger charge is -2.42. The maximum Gasteiger partial charge on any atom is 0.329 e. The number of carbonyl (C=O) groups excluding carboxylic acids is 5. The number of Topliss-reactive ketones (excluding diaryl/α,β-unsaturated/α-hetero) is 3. The fraction of sp³-hybridized carbons (Fsp3) is 0.755. The Bertz CT molecular complexity index is 1940. The molecule has 1 saturated carbocycles. The van der Waals surface area contributed by atoms with Crippen molar-refractivity contribution >= 4 is 36.6 Å². The molecular formula is C53H84NO14P. The lowest BCUT2D eigenvalue weighted by molar-refractivity contribution is -0.265. The number of fused-ring (bicyclic) bond motifs is 3. The number of allylic oxidation sites excluding steroid dienone is 6. The summed E-state index contributed by atoms with van der Waals surface area (Å²) in [5.41, 5.74) is 1.25. The number of hydrogen-bond acceptors (Lipinski definition) is 14. The van der Waals surface area contributed by atoms with Crippen molar-refractivity contribution in [1.29, 1.82) is 0 Å². The van der Waals surface area contributed by atoms with E-state index in [1.165, 1.54) is 12.0 Å². The van der Waals surface area contributed by atoms with Crippen LogP contribution in [0.4, 0.5) is 0 Å². The second-order valence-corrected chi connectivity index (χ2v) is 23.6. The summed E-state index contributed by atoms with van der Waals surface area (Å²) in [6, 6.07) is -1.16. The maximum atomic E-state index is 14.5. The highest BCUT2D eigenvalue weighted by atomic mass is 31.2. The van der Waals surface area contributed by atoms with Crippen LogP contribution >= 0.6 is 7.37 Å². The molecule has 0 radical (unpaired) electrons. The molecule has 2 bridgehead atoms. The minimum Gasteiger partial charge on any atom is -0.460 e. The standard InChI is InChI=1S/C53H84NO14P/c1-32-18-14-13-15-19-33(2)44(63-8)30-40-23-21-38(7)53(61,67-40)50(58)51(59)54-25-17-16-20-41(54)52(60)66-45(35(4)28-39-22-24-43(46(29-39)64-9)68-69(11,12)62)31-42(55)34(3)27-37(6)48(57)49(65-10)47(56)36(5)26-32/h13-15,18-19,27,32,34-36,38-41,43-46,48-49,57,61H,16-17,20-26,28-31H2,1-12H3/t32-,34-,35-,36-,38-,39+,40+,41+,43-,44?,45+,46-,48-,49+,53-/m1/s1. The molecule has 16 heteroatoms. The van der Waals surface area contributed by atoms with E-state index in [1.54, 1.807) is 54.4 Å². The van der Waals surface area contributed by atoms with Gasteiger partial charge in [-0.2, -0.15) is 0 Å². The fourth-order valence-electron chi connectivity index (χ4n) is 10.5. The van der Waals surface area contributed by atoms with Gasteiger partial charge in [-0.25, -0.2) is 4.79 Å². The highest BCUT2D eigenvalue weighted by molar-refractivity contribution is 7.57. The summed E-state index contributed by atoms with van der Waals surface area (Å²) in [6.45, 7) is 15.9. The Labute approximate surface area is 411 Å². The average molecular weight is 990 g/mol. The van der Waals surface area contributed by atoms with Crippen molar-refractivity contribution < 1.29 is 67.0 Å². The van der Waals surface area contributed by atoms with Gasteiger partial charge in [-0.15, -0.1) is 0 Å². The van der Waals surface area contributed by atoms with E-state index in [-0.39, 0.29) is 60.9 Å². The van der Waals surface area contributed by atoms with Gasteiger partial charge in [0.25, 0.3) is 11.7 Å². The summed E-state index contributed by atoms with van der Waals surface area (Å²) < 4.78 is 48.2. The number of ether oxygens (including phenoxy) is 5. The maximum absolute atomic E-state index is 14.5. The minimum absolute atomic E-state index is 0.0117. The first-order valence-electron chi connectivity index (χ1n) is 25.2. The van der Waals surface area contributed by atoms with Crippen molar-refractivity contribution in [3.05, 3.63) is 47.6 Å². The molecule has 0 aromatic carbocycles. The highest BCUT2D eigenvalue weighted by Crippen LogP contribution is 2.45. The first-order valence-corrected chi connectivity index (χ1v) is 27.7. The number of ketones is 3. The molecule has 0 aromatic rings. The van der Waals surface area contributed by atoms with E-state index >= 15 is 0 Å². The molecule has 15 atom stereocenters. The minimum atomic E-state index is -2.79. The van der Waals surface area contributed by atoms with Crippen LogP contribution in [-0.4, -0.2) is 140 Å². The molecule has 15 nitrogen and oxygen atoms in total. The summed E-state index contributed by atoms with van der Waals surface area (Å²) >= 11 is 0. The number of aliphatic hydroxyl groups excluding tert-OH is 1. The van der Waals surface area contributed by atoms with Gasteiger partial charge in [0.1, 0.15) is 30.1 Å². The fourth-order valence-corrected chi connectivity index (χ4v) is 11.4. The number of hydrogen-bond donors (Lipinski definition) is 2. The molecule has 390 valence electrons. The third kappa shape index (κ3) is 16.2. The lowest BCUT2D eigenvalue weighted by Crippen LogP contribution is -2.61. The number of carbonyl (C=O) groups is 5. The van der Waals surface area contributed by atoms with Crippen LogP contribution in [0.15, 0.2) is 47.6 Å². The second kappa shape index (κ2) is 26.5. The van der Waals surface area contributed by atoms with Gasteiger partial charge < -0.3 is 43.3 Å². The van der Waals surface area contributed by atoms with Gasteiger partial charge in [0.2, 0.25) is 5.79 Å². The molecule has 2 saturated heterocycles. The van der Waals surface area contributed by atoms with E-state index in [4.69, 9.17) is 28.2 Å². The smallest absolute Gasteiger partial charge is 0.329 e. The van der Waals surface area contributed by atoms with Crippen molar-refractivity contribution in [3.8, 4) is 0 Å². The zero-order valence-corrected chi connectivity index (χ0v) is 44.3. The van der Waals surface area contributed by atoms with E-state index in [0.29, 0.717) is 63.4 Å². The van der Waals surface area contributed by atoms with E-state index < -0.39 is 85.1 Å². The Kier molecular flexibility index (Phi) is 22.5. The quantitative estimate of drug-likeness (QED) is 0.104. The van der Waals surface area contributed by atoms with E-state index in [0.717, 1.165) is 12.0 Å². The summed E-state index contributed by atoms with van der Waals surface area (Å²) in [5.74, 6) is -8.11. The van der Waals surface area contributed by atoms with Crippen LogP contribution in [0.3, 0.4) is 0 Å². The Balaban J connectivity index is 1.70. The molecule has 4 aliphatic rings. The van der Waals surface area contributed by atoms with Crippen molar-refractivity contribution in [3.63, 3.8) is 0 Å². The number of aliphatic hydroxyl groups is 2. The molecule has 4 rings (SSSR count). The highest BCUT2D eigenvalue weighted by Gasteiger charge is 2.53. The van der Waals surface area contributed by atoms with Crippen LogP contribution in [0.5, 0.6) is 0 Å². The summed E-state index contributed by atoms with van der Waals surface area (Å²) in [4.78, 5) is 72.2. The predicted molar refractivity (Wildman–Crippen MR) is 263 cm³/mol. The van der Waals surface area contributed by atoms with Crippen molar-refractivity contribution in [2.75, 3.05) is 41.2 Å². The molecule has 1 amide bonds. The number of amides is 1. The molecule has 3 fully saturated rings. The second-order valence-electron chi connectivity index (χ2n) is 20.9. The number of cyclic esters (lactones) is 1. The number of rotatable bonds is 8. The van der Waals surface area contributed by atoms with Gasteiger partial charge in [0.15, 0.2) is 13.2 Å². The number of nitrogens with zero attached hydrogens (tertiary/aromatic N) is 1. The van der Waals surface area contributed by atoms with Crippen LogP contribution in [0.1, 0.15) is 126 Å². The Morgan fingerprint density at radius 1 is 0.855 bits per heavy atom. The van der Waals surface area contributed by atoms with Crippen LogP contribution < -0.4 is 0 Å². The SMILES string of the molecule is COC1C[C@@H]2CC[C@@H](C)[C@@](O)(O2)C(=O)C(=O)N2CCCC[C@H]2C(=O)O[C@H]([C@H](C)C[C@@H]2CC[C@@H](OP(C)(C)=O)[C@H](OC)C2)CC(=O)[C@H](C)C=C(C)[C@@H](O)[C@@H](OC)C(=O)[C@H](C)C[C@H](C)C=CC=CC=C1C. The van der Waals surface area contributed by atoms with E-state index in [1.807, 2.05) is 58.1 Å². The largest absolute Gasteiger partial charge is 0.460 e. The van der Waals surface area contributed by atoms with E-state index in [9.17, 15) is 38.8 Å². The van der Waals surface area contributed by atoms with Crippen LogP contribution in [0, 0.1) is 35.5 Å². The van der Waals surface area contributed by atoms with Crippen molar-refractivity contribution in [1.82, 2.24) is 4.90 Å². The molecule has 3 aliphatic heterocycles. The Hall–Kier alpha value is -3.14. The third-order valence-electron chi connectivity index (χ3n) is 14.8. The predicted octanol–water partition coefficient (Wildman–Crippen LogP) is 7.74. The Morgan fingerprint density at radius 3 is 2.22 bits per heavy atom. The lowest BCUT2D eigenvalue weighted by atomic mass is 9.78. The van der Waals surface area contributed by atoms with Gasteiger partial charge in [-0.3, -0.25) is 23.7 Å². The molecule has 3 heterocycles. The third-order valence-corrected chi connectivity index (χ3v) is 15.6. The first kappa shape index (κ1) is 58.4. The van der Waals surface area contributed by atoms with Gasteiger partial charge in [-0.05, 0) is 107 Å². The molecule has 1 unspecified atom stereocenters. The van der Waals surface area contributed by atoms with Crippen molar-refractivity contribution in [2.24, 2.45) is 35.5 Å². The number of methoxy groups -OCH3 is 3. The summed E-state index contributed by atoms with van der Waals surface area (Å²) in [7, 11) is 1.76. The van der Waals surface area contributed by atoms with Gasteiger partial charge in [0.05, 0.1) is 24.4 Å². The molecule has 69 heavy (non-hydrogen) atoms. The van der Waals surface area contributed by atoms with Gasteiger partial charge in [0, 0.05) is 71.8 Å². The van der Waals surface area contributed by atoms with Crippen LogP contribution in [-0.2, 0) is 56.7 Å². The zero-order chi connectivity index (χ0) is 51.4. The number of esters is 1. The number of piperidine rings is 1. The first-order chi connectivity index (χ1) is 32.4. The zero-order valence-electron chi connectivity index (χ0n) is 43.4. The van der Waals surface area contributed by atoms with Gasteiger partial charge >= 0.3 is 5.97 Å². The molecular weight excluding hydrogens is 906 g/mol. The average Bonchev–Trinajstić information content (AvgIpc) is 3.30. The molecule has 0 spiro atoms. The van der Waals surface area contributed by atoms with Crippen molar-refractivity contribution in [2.45, 2.75) is 180 Å². The normalized spacial score (nSPS) is 36.6. The molecule has 2 N–H and O–H groups in total. The van der Waals surface area contributed by atoms with Gasteiger partial charge in [-0.1, -0.05) is 71.1 Å². The molecule has 0 aromatic heterocycles. The summed E-state index contributed by atoms with van der Waals surface area (Å²) in [5, 5.41) is 23.5. The topological polar surface area (TPSA) is 201 Å². The van der Waals surface area contributed by atoms with Crippen LogP contribution in [0.25, 0.3) is 0 Å².